The van der Waals surface area contributed by atoms with Crippen LogP contribution in [0, 0.1) is 6.92 Å². The lowest BCUT2D eigenvalue weighted by atomic mass is 10.2. The van der Waals surface area contributed by atoms with Crippen molar-refractivity contribution in [1.82, 2.24) is 20.2 Å². The maximum Gasteiger partial charge on any atom is 0.257 e. The number of para-hydroxylation sites is 1. The molecule has 0 bridgehead atoms. The third kappa shape index (κ3) is 2.97. The number of hydrogen-bond acceptors (Lipinski definition) is 7. The number of thiophene rings is 1. The Morgan fingerprint density at radius 1 is 1.09 bits per heavy atom. The molecule has 4 rings (SSSR count). The monoisotopic (exact) mass is 340 g/mol. The minimum absolute atomic E-state index is 0.569. The molecule has 0 atom stereocenters. The first-order valence-corrected chi connectivity index (χ1v) is 8.88. The van der Waals surface area contributed by atoms with Crippen molar-refractivity contribution >= 4 is 34.0 Å². The maximum absolute atomic E-state index is 5.72. The molecule has 0 fully saturated rings. The van der Waals surface area contributed by atoms with Gasteiger partial charge >= 0.3 is 0 Å². The van der Waals surface area contributed by atoms with Crippen LogP contribution in [0.5, 0.6) is 0 Å². The molecule has 4 aromatic rings. The quantitative estimate of drug-likeness (QED) is 0.407. The van der Waals surface area contributed by atoms with Crippen molar-refractivity contribution < 1.29 is 4.42 Å². The Morgan fingerprint density at radius 2 is 2.00 bits per heavy atom. The first kappa shape index (κ1) is 14.3. The Morgan fingerprint density at radius 3 is 2.87 bits per heavy atom. The molecule has 3 heterocycles. The largest absolute Gasteiger partial charge is 0.419 e. The van der Waals surface area contributed by atoms with Gasteiger partial charge in [-0.05, 0) is 24.4 Å². The van der Waals surface area contributed by atoms with E-state index in [0.29, 0.717) is 17.5 Å². The van der Waals surface area contributed by atoms with Gasteiger partial charge in [0.05, 0.1) is 16.1 Å². The second-order valence-corrected chi connectivity index (χ2v) is 6.77. The highest BCUT2D eigenvalue weighted by Crippen LogP contribution is 2.29. The molecule has 1 aromatic carbocycles. The van der Waals surface area contributed by atoms with Gasteiger partial charge in [-0.2, -0.15) is 0 Å². The molecule has 0 N–H and O–H groups in total. The first-order valence-electron chi connectivity index (χ1n) is 7.02. The van der Waals surface area contributed by atoms with Gasteiger partial charge in [0.15, 0.2) is 0 Å². The fraction of sp³-hybridized carbons (Fsp3) is 0.125. The molecule has 23 heavy (non-hydrogen) atoms. The van der Waals surface area contributed by atoms with Crippen LogP contribution in [0.1, 0.15) is 11.7 Å². The lowest BCUT2D eigenvalue weighted by Crippen LogP contribution is -1.93. The highest BCUT2D eigenvalue weighted by molar-refractivity contribution is 7.98. The van der Waals surface area contributed by atoms with Crippen molar-refractivity contribution in [3.8, 4) is 10.8 Å². The van der Waals surface area contributed by atoms with Gasteiger partial charge in [-0.1, -0.05) is 36.0 Å². The lowest BCUT2D eigenvalue weighted by Gasteiger charge is -2.04. The van der Waals surface area contributed by atoms with Gasteiger partial charge in [0.2, 0.25) is 5.89 Å². The molecule has 0 aliphatic heterocycles. The van der Waals surface area contributed by atoms with Crippen molar-refractivity contribution in [2.24, 2.45) is 0 Å². The van der Waals surface area contributed by atoms with Crippen LogP contribution in [0.3, 0.4) is 0 Å². The van der Waals surface area contributed by atoms with Crippen LogP contribution in [0.2, 0.25) is 0 Å². The van der Waals surface area contributed by atoms with Crippen LogP contribution in [0.15, 0.2) is 51.2 Å². The molecule has 7 heteroatoms. The second-order valence-electron chi connectivity index (χ2n) is 4.86. The van der Waals surface area contributed by atoms with Crippen molar-refractivity contribution in [2.45, 2.75) is 17.7 Å². The van der Waals surface area contributed by atoms with Crippen LogP contribution in [0.25, 0.3) is 21.7 Å². The molecule has 0 unspecified atom stereocenters. The van der Waals surface area contributed by atoms with Crippen LogP contribution in [-0.2, 0) is 5.75 Å². The van der Waals surface area contributed by atoms with E-state index in [4.69, 9.17) is 4.42 Å². The number of thioether (sulfide) groups is 1. The lowest BCUT2D eigenvalue weighted by molar-refractivity contribution is 0.529. The SMILES string of the molecule is Cc1nc(SCc2nnc(-c3cccs3)o2)c2ccccc2n1. The standard InChI is InChI=1S/C16H12N4OS2/c1-10-17-12-6-3-2-5-11(12)16(18-10)23-9-14-19-20-15(21-14)13-7-4-8-22-13/h2-8H,9H2,1H3. The van der Waals surface area contributed by atoms with E-state index < -0.39 is 0 Å². The number of aromatic nitrogens is 4. The summed E-state index contributed by atoms with van der Waals surface area (Å²) in [5.74, 6) is 2.51. The summed E-state index contributed by atoms with van der Waals surface area (Å²) < 4.78 is 5.72. The summed E-state index contributed by atoms with van der Waals surface area (Å²) in [6.45, 7) is 1.90. The summed E-state index contributed by atoms with van der Waals surface area (Å²) in [7, 11) is 0. The van der Waals surface area contributed by atoms with Crippen LogP contribution in [-0.4, -0.2) is 20.2 Å². The molecule has 0 amide bonds. The fourth-order valence-electron chi connectivity index (χ4n) is 2.21. The Balaban J connectivity index is 1.58. The zero-order chi connectivity index (χ0) is 15.6. The first-order chi connectivity index (χ1) is 11.3. The minimum Gasteiger partial charge on any atom is -0.419 e. The number of rotatable bonds is 4. The minimum atomic E-state index is 0.569. The van der Waals surface area contributed by atoms with Crippen molar-refractivity contribution in [3.05, 3.63) is 53.5 Å². The second kappa shape index (κ2) is 6.10. The van der Waals surface area contributed by atoms with Crippen LogP contribution in [0.4, 0.5) is 0 Å². The fourth-order valence-corrected chi connectivity index (χ4v) is 3.76. The van der Waals surface area contributed by atoms with Crippen molar-refractivity contribution in [3.63, 3.8) is 0 Å². The molecular weight excluding hydrogens is 328 g/mol. The summed E-state index contributed by atoms with van der Waals surface area (Å²) in [5.41, 5.74) is 0.951. The van der Waals surface area contributed by atoms with E-state index in [1.165, 1.54) is 0 Å². The van der Waals surface area contributed by atoms with Gasteiger partial charge in [-0.25, -0.2) is 9.97 Å². The number of fused-ring (bicyclic) bond motifs is 1. The topological polar surface area (TPSA) is 64.7 Å². The Kier molecular flexibility index (Phi) is 3.80. The van der Waals surface area contributed by atoms with Gasteiger partial charge in [0.1, 0.15) is 10.9 Å². The molecule has 0 aliphatic rings. The Hall–Kier alpha value is -2.25. The molecular formula is C16H12N4OS2. The van der Waals surface area contributed by atoms with E-state index in [9.17, 15) is 0 Å². The van der Waals surface area contributed by atoms with Crippen molar-refractivity contribution in [2.75, 3.05) is 0 Å². The van der Waals surface area contributed by atoms with Gasteiger partial charge in [-0.3, -0.25) is 0 Å². The normalized spacial score (nSPS) is 11.2. The van der Waals surface area contributed by atoms with Crippen LogP contribution < -0.4 is 0 Å². The maximum atomic E-state index is 5.72. The molecule has 0 radical (unpaired) electrons. The van der Waals surface area contributed by atoms with E-state index in [1.54, 1.807) is 23.1 Å². The highest BCUT2D eigenvalue weighted by atomic mass is 32.2. The van der Waals surface area contributed by atoms with E-state index in [1.807, 2.05) is 48.7 Å². The summed E-state index contributed by atoms with van der Waals surface area (Å²) in [4.78, 5) is 9.98. The number of aryl methyl sites for hydroxylation is 1. The smallest absolute Gasteiger partial charge is 0.257 e. The average molecular weight is 340 g/mol. The predicted molar refractivity (Wildman–Crippen MR) is 91.4 cm³/mol. The van der Waals surface area contributed by atoms with E-state index in [0.717, 1.165) is 26.6 Å². The molecule has 0 spiro atoms. The Bertz CT molecular complexity index is 950. The molecule has 114 valence electrons. The van der Waals surface area contributed by atoms with Gasteiger partial charge in [-0.15, -0.1) is 21.5 Å². The number of hydrogen-bond donors (Lipinski definition) is 0. The molecule has 0 saturated heterocycles. The molecule has 0 saturated carbocycles. The Labute approximate surface area is 140 Å². The number of benzene rings is 1. The summed E-state index contributed by atoms with van der Waals surface area (Å²) in [6, 6.07) is 11.9. The predicted octanol–water partition coefficient (Wildman–Crippen LogP) is 4.34. The van der Waals surface area contributed by atoms with E-state index in [-0.39, 0.29) is 0 Å². The van der Waals surface area contributed by atoms with Crippen molar-refractivity contribution in [1.29, 1.82) is 0 Å². The highest BCUT2D eigenvalue weighted by Gasteiger charge is 2.12. The number of nitrogens with zero attached hydrogens (tertiary/aromatic N) is 4. The molecule has 0 aliphatic carbocycles. The van der Waals surface area contributed by atoms with Gasteiger partial charge < -0.3 is 4.42 Å². The average Bonchev–Trinajstić information content (AvgIpc) is 3.23. The van der Waals surface area contributed by atoms with Gasteiger partial charge in [0, 0.05) is 5.39 Å². The third-order valence-corrected chi connectivity index (χ3v) is 5.05. The summed E-state index contributed by atoms with van der Waals surface area (Å²) in [6.07, 6.45) is 0. The van der Waals surface area contributed by atoms with E-state index in [2.05, 4.69) is 20.2 Å². The molecule has 5 nitrogen and oxygen atoms in total. The third-order valence-electron chi connectivity index (χ3n) is 3.21. The summed E-state index contributed by atoms with van der Waals surface area (Å²) in [5, 5.41) is 12.2. The summed E-state index contributed by atoms with van der Waals surface area (Å²) >= 11 is 3.17. The van der Waals surface area contributed by atoms with E-state index >= 15 is 0 Å². The molecule has 3 aromatic heterocycles. The van der Waals surface area contributed by atoms with Gasteiger partial charge in [0.25, 0.3) is 5.89 Å². The van der Waals surface area contributed by atoms with Crippen LogP contribution >= 0.6 is 23.1 Å². The zero-order valence-electron chi connectivity index (χ0n) is 12.3. The zero-order valence-corrected chi connectivity index (χ0v) is 13.9.